The van der Waals surface area contributed by atoms with E-state index in [0.717, 1.165) is 11.3 Å². The summed E-state index contributed by atoms with van der Waals surface area (Å²) in [7, 11) is -6.88. The number of thiol groups is 1. The second kappa shape index (κ2) is 10.9. The lowest BCUT2D eigenvalue weighted by Crippen LogP contribution is -2.17. The Bertz CT molecular complexity index is 1780. The fourth-order valence-electron chi connectivity index (χ4n) is 3.83. The Morgan fingerprint density at radius 2 is 1.82 bits per heavy atom. The zero-order valence-electron chi connectivity index (χ0n) is 19.2. The van der Waals surface area contributed by atoms with E-state index in [1.165, 1.54) is 12.1 Å². The lowest BCUT2D eigenvalue weighted by atomic mass is 10.1. The molecule has 3 aromatic carbocycles. The van der Waals surface area contributed by atoms with Gasteiger partial charge in [-0.2, -0.15) is 0 Å². The van der Waals surface area contributed by atoms with Crippen molar-refractivity contribution >= 4 is 53.9 Å². The molecule has 14 heteroatoms. The van der Waals surface area contributed by atoms with Crippen LogP contribution in [0.4, 0.5) is 4.39 Å². The molecule has 0 fully saturated rings. The minimum Gasteiger partial charge on any atom is -0.422 e. The maximum absolute atomic E-state index is 13.9. The molecule has 0 saturated carbocycles. The van der Waals surface area contributed by atoms with Gasteiger partial charge in [0, 0.05) is 5.02 Å². The number of aromatic nitrogens is 3. The second-order valence-electron chi connectivity index (χ2n) is 8.19. The molecule has 5 aromatic rings. The van der Waals surface area contributed by atoms with E-state index in [4.69, 9.17) is 16.0 Å². The smallest absolute Gasteiger partial charge is 0.241 e. The number of nitrogens with one attached hydrogen (secondary N) is 1. The third-order valence-electron chi connectivity index (χ3n) is 5.46. The maximum Gasteiger partial charge on any atom is 0.241 e. The first-order valence-corrected chi connectivity index (χ1v) is 15.1. The van der Waals surface area contributed by atoms with E-state index < -0.39 is 31.8 Å². The van der Waals surface area contributed by atoms with Crippen LogP contribution in [-0.4, -0.2) is 32.0 Å². The van der Waals surface area contributed by atoms with Crippen LogP contribution in [0, 0.1) is 5.82 Å². The van der Waals surface area contributed by atoms with Crippen LogP contribution in [-0.2, 0) is 33.0 Å². The van der Waals surface area contributed by atoms with Crippen LogP contribution in [0.1, 0.15) is 27.6 Å². The summed E-state index contributed by atoms with van der Waals surface area (Å²) in [6, 6.07) is 18.0. The molecule has 196 valence electrons. The summed E-state index contributed by atoms with van der Waals surface area (Å²) < 4.78 is 71.4. The van der Waals surface area contributed by atoms with Crippen LogP contribution < -0.4 is 4.72 Å². The zero-order chi connectivity index (χ0) is 26.9. The topological polar surface area (TPSA) is 132 Å². The van der Waals surface area contributed by atoms with Gasteiger partial charge in [-0.05, 0) is 47.0 Å². The number of benzene rings is 3. The molecule has 0 aliphatic carbocycles. The average Bonchev–Trinajstić information content (AvgIpc) is 3.49. The van der Waals surface area contributed by atoms with Crippen molar-refractivity contribution < 1.29 is 25.6 Å². The Morgan fingerprint density at radius 3 is 2.55 bits per heavy atom. The van der Waals surface area contributed by atoms with E-state index in [1.807, 2.05) is 0 Å². The van der Waals surface area contributed by atoms with E-state index in [9.17, 15) is 21.2 Å². The molecular weight excluding hydrogens is 575 g/mol. The van der Waals surface area contributed by atoms with Gasteiger partial charge in [0.2, 0.25) is 22.7 Å². The highest BCUT2D eigenvalue weighted by atomic mass is 35.5. The molecule has 0 saturated heterocycles. The van der Waals surface area contributed by atoms with Crippen molar-refractivity contribution in [3.8, 4) is 11.1 Å². The van der Waals surface area contributed by atoms with Crippen molar-refractivity contribution in [2.45, 2.75) is 17.5 Å². The van der Waals surface area contributed by atoms with Gasteiger partial charge < -0.3 is 4.42 Å². The van der Waals surface area contributed by atoms with Gasteiger partial charge in [0.15, 0.2) is 15.1 Å². The Hall–Kier alpha value is -3.23. The first-order valence-electron chi connectivity index (χ1n) is 11.0. The van der Waals surface area contributed by atoms with Gasteiger partial charge in [-0.25, -0.2) is 30.9 Å². The molecule has 0 amide bonds. The predicted molar refractivity (Wildman–Crippen MR) is 142 cm³/mol. The summed E-state index contributed by atoms with van der Waals surface area (Å²) in [5.41, 5.74) is 2.33. The van der Waals surface area contributed by atoms with E-state index in [0.29, 0.717) is 26.9 Å². The van der Waals surface area contributed by atoms with Gasteiger partial charge in [0.05, 0.1) is 22.5 Å². The van der Waals surface area contributed by atoms with Crippen LogP contribution in [0.15, 0.2) is 71.1 Å². The summed E-state index contributed by atoms with van der Waals surface area (Å²) in [5, 5.41) is 6.76. The first kappa shape index (κ1) is 26.4. The van der Waals surface area contributed by atoms with Crippen molar-refractivity contribution in [2.75, 3.05) is 0 Å². The monoisotopic (exact) mass is 592 g/mol. The van der Waals surface area contributed by atoms with Gasteiger partial charge in [0.25, 0.3) is 0 Å². The Balaban J connectivity index is 1.57. The van der Waals surface area contributed by atoms with E-state index >= 15 is 0 Å². The summed E-state index contributed by atoms with van der Waals surface area (Å²) in [5.74, 6) is -1.11. The number of thiazole rings is 1. The average molecular weight is 593 g/mol. The van der Waals surface area contributed by atoms with Crippen molar-refractivity contribution in [1.29, 1.82) is 0 Å². The van der Waals surface area contributed by atoms with Crippen molar-refractivity contribution in [2.24, 2.45) is 0 Å². The van der Waals surface area contributed by atoms with Crippen LogP contribution in [0.3, 0.4) is 0 Å². The third kappa shape index (κ3) is 5.92. The number of halogens is 2. The molecule has 5 rings (SSSR count). The van der Waals surface area contributed by atoms with Crippen LogP contribution in [0.2, 0.25) is 5.02 Å². The van der Waals surface area contributed by atoms with Gasteiger partial charge >= 0.3 is 0 Å². The molecule has 0 radical (unpaired) electrons. The molecule has 1 N–H and O–H groups in total. The van der Waals surface area contributed by atoms with Crippen LogP contribution in [0.5, 0.6) is 0 Å². The fourth-order valence-corrected chi connectivity index (χ4v) is 7.47. The van der Waals surface area contributed by atoms with E-state index in [-0.39, 0.29) is 34.1 Å². The summed E-state index contributed by atoms with van der Waals surface area (Å²) in [4.78, 5) is 4.55. The highest BCUT2D eigenvalue weighted by molar-refractivity contribution is 7.91. The van der Waals surface area contributed by atoms with E-state index in [2.05, 4.69) is 19.9 Å². The largest absolute Gasteiger partial charge is 0.422 e. The Labute approximate surface area is 227 Å². The third-order valence-corrected chi connectivity index (χ3v) is 9.21. The van der Waals surface area contributed by atoms with Gasteiger partial charge in [-0.3, -0.25) is 0 Å². The van der Waals surface area contributed by atoms with Gasteiger partial charge in [-0.15, -0.1) is 21.5 Å². The second-order valence-corrected chi connectivity index (χ2v) is 12.6. The standard InChI is InChI=1S/C24H18ClFN4O5S3/c25-17-8-16(9-18(26)11-17)15-6-7-19-20(10-15)36-24(28-19)22(23-30-29-21(35-23)12-27-37(31)32)38(33,34)13-14-4-2-1-3-5-14/h1-11,22,37H,12-13H2,(H,27,31,32). The van der Waals surface area contributed by atoms with Crippen molar-refractivity contribution in [3.05, 3.63) is 99.9 Å². The molecule has 9 nitrogen and oxygen atoms in total. The predicted octanol–water partition coefficient (Wildman–Crippen LogP) is 4.46. The van der Waals surface area contributed by atoms with Crippen molar-refractivity contribution in [1.82, 2.24) is 19.9 Å². The zero-order valence-corrected chi connectivity index (χ0v) is 22.5. The summed E-state index contributed by atoms with van der Waals surface area (Å²) in [6.07, 6.45) is 0. The lowest BCUT2D eigenvalue weighted by Gasteiger charge is -2.12. The number of sulfone groups is 1. The molecule has 1 atom stereocenters. The van der Waals surface area contributed by atoms with E-state index in [1.54, 1.807) is 54.6 Å². The van der Waals surface area contributed by atoms with Crippen LogP contribution >= 0.6 is 22.9 Å². The van der Waals surface area contributed by atoms with Gasteiger partial charge in [0.1, 0.15) is 10.8 Å². The highest BCUT2D eigenvalue weighted by Gasteiger charge is 2.37. The summed E-state index contributed by atoms with van der Waals surface area (Å²) in [6.45, 7) is -0.281. The number of fused-ring (bicyclic) bond motifs is 1. The Morgan fingerprint density at radius 1 is 1.03 bits per heavy atom. The Kier molecular flexibility index (Phi) is 7.54. The molecule has 0 aliphatic rings. The van der Waals surface area contributed by atoms with Crippen molar-refractivity contribution in [3.63, 3.8) is 0 Å². The quantitative estimate of drug-likeness (QED) is 0.240. The number of hydrogen-bond donors (Lipinski definition) is 2. The molecular formula is C24H18ClFN4O5S3. The molecule has 0 spiro atoms. The molecule has 38 heavy (non-hydrogen) atoms. The maximum atomic E-state index is 13.9. The lowest BCUT2D eigenvalue weighted by molar-refractivity contribution is 0.444. The summed E-state index contributed by atoms with van der Waals surface area (Å²) >= 11 is 7.14. The highest BCUT2D eigenvalue weighted by Crippen LogP contribution is 2.38. The minimum absolute atomic E-state index is 0.0921. The normalized spacial score (nSPS) is 12.8. The molecule has 2 aromatic heterocycles. The van der Waals surface area contributed by atoms with Crippen LogP contribution in [0.25, 0.3) is 21.3 Å². The fraction of sp³-hybridized carbons (Fsp3) is 0.125. The molecule has 0 bridgehead atoms. The number of hydrogen-bond acceptors (Lipinski definition) is 9. The minimum atomic E-state index is -3.98. The molecule has 1 unspecified atom stereocenters. The van der Waals surface area contributed by atoms with Gasteiger partial charge in [-0.1, -0.05) is 48.0 Å². The number of nitrogens with zero attached hydrogens (tertiary/aromatic N) is 3. The molecule has 2 heterocycles. The first-order chi connectivity index (χ1) is 18.2. The molecule has 0 aliphatic heterocycles. The number of rotatable bonds is 9. The SMILES string of the molecule is O=[SH](=O)NCc1nnc(C(c2nc3ccc(-c4cc(F)cc(Cl)c4)cc3s2)S(=O)(=O)Cc2ccccc2)o1.